The number of nitrogens with zero attached hydrogens (tertiary/aromatic N) is 2. The van der Waals surface area contributed by atoms with E-state index in [2.05, 4.69) is 4.98 Å². The minimum absolute atomic E-state index is 0.115. The summed E-state index contributed by atoms with van der Waals surface area (Å²) in [6.07, 6.45) is 2.71. The number of amides is 1. The summed E-state index contributed by atoms with van der Waals surface area (Å²) >= 11 is 0. The highest BCUT2D eigenvalue weighted by Crippen LogP contribution is 2.25. The lowest BCUT2D eigenvalue weighted by Gasteiger charge is -2.35. The Bertz CT molecular complexity index is 778. The Morgan fingerprint density at radius 2 is 2.04 bits per heavy atom. The van der Waals surface area contributed by atoms with E-state index in [0.29, 0.717) is 6.42 Å². The molecule has 1 aliphatic heterocycles. The number of benzene rings is 1. The van der Waals surface area contributed by atoms with Crippen molar-refractivity contribution in [2.24, 2.45) is 0 Å². The van der Waals surface area contributed by atoms with Gasteiger partial charge in [-0.1, -0.05) is 24.3 Å². The maximum absolute atomic E-state index is 13.4. The maximum Gasteiger partial charge on any atom is 0.329 e. The second-order valence-corrected chi connectivity index (χ2v) is 5.57. The molecule has 6 heteroatoms. The van der Waals surface area contributed by atoms with Gasteiger partial charge in [0.25, 0.3) is 5.91 Å². The number of aromatic nitrogens is 1. The first-order chi connectivity index (χ1) is 11.6. The molecule has 1 aliphatic rings. The molecule has 3 rings (SSSR count). The highest BCUT2D eigenvalue weighted by atomic mass is 19.1. The zero-order valence-electron chi connectivity index (χ0n) is 13.2. The monoisotopic (exact) mass is 328 g/mol. The summed E-state index contributed by atoms with van der Waals surface area (Å²) in [6, 6.07) is 8.03. The number of halogens is 1. The van der Waals surface area contributed by atoms with Crippen LogP contribution in [0, 0.1) is 5.82 Å². The van der Waals surface area contributed by atoms with E-state index >= 15 is 0 Å². The van der Waals surface area contributed by atoms with Crippen molar-refractivity contribution in [3.63, 3.8) is 0 Å². The second kappa shape index (κ2) is 6.78. The highest BCUT2D eigenvalue weighted by Gasteiger charge is 2.36. The summed E-state index contributed by atoms with van der Waals surface area (Å²) in [5.74, 6) is -1.48. The lowest BCUT2D eigenvalue weighted by atomic mass is 9.93. The third-order valence-electron chi connectivity index (χ3n) is 4.02. The molecule has 0 radical (unpaired) electrons. The van der Waals surface area contributed by atoms with Crippen LogP contribution in [-0.4, -0.2) is 34.4 Å². The van der Waals surface area contributed by atoms with Crippen molar-refractivity contribution in [2.75, 3.05) is 6.61 Å². The molecule has 0 N–H and O–H groups in total. The standard InChI is InChI=1S/C18H17FN2O3/c1-2-24-18(23)16-8-12-5-3-4-6-13(12)11-21(16)17(22)14-7-15(19)10-20-9-14/h3-7,9-10,16H,2,8,11H2,1H3. The lowest BCUT2D eigenvalue weighted by molar-refractivity contribution is -0.149. The third kappa shape index (κ3) is 3.13. The molecule has 2 heterocycles. The summed E-state index contributed by atoms with van der Waals surface area (Å²) in [6.45, 7) is 2.23. The average molecular weight is 328 g/mol. The molecule has 24 heavy (non-hydrogen) atoms. The quantitative estimate of drug-likeness (QED) is 0.812. The van der Waals surface area contributed by atoms with Crippen LogP contribution in [0.25, 0.3) is 0 Å². The van der Waals surface area contributed by atoms with Crippen molar-refractivity contribution < 1.29 is 18.7 Å². The minimum Gasteiger partial charge on any atom is -0.464 e. The van der Waals surface area contributed by atoms with E-state index in [1.165, 1.54) is 11.1 Å². The van der Waals surface area contributed by atoms with Gasteiger partial charge in [0.2, 0.25) is 0 Å². The van der Waals surface area contributed by atoms with Crippen molar-refractivity contribution in [3.05, 3.63) is 65.2 Å². The third-order valence-corrected chi connectivity index (χ3v) is 4.02. The van der Waals surface area contributed by atoms with Gasteiger partial charge in [0, 0.05) is 19.2 Å². The Labute approximate surface area is 139 Å². The van der Waals surface area contributed by atoms with E-state index in [-0.39, 0.29) is 18.7 Å². The fourth-order valence-electron chi connectivity index (χ4n) is 2.88. The van der Waals surface area contributed by atoms with Gasteiger partial charge in [-0.25, -0.2) is 9.18 Å². The van der Waals surface area contributed by atoms with Crippen LogP contribution in [0.3, 0.4) is 0 Å². The van der Waals surface area contributed by atoms with Crippen molar-refractivity contribution in [1.29, 1.82) is 0 Å². The first-order valence-corrected chi connectivity index (χ1v) is 7.75. The van der Waals surface area contributed by atoms with Crippen LogP contribution in [0.15, 0.2) is 42.7 Å². The molecular weight excluding hydrogens is 311 g/mol. The molecule has 124 valence electrons. The van der Waals surface area contributed by atoms with Crippen LogP contribution < -0.4 is 0 Å². The molecule has 0 saturated carbocycles. The van der Waals surface area contributed by atoms with Gasteiger partial charge in [0.15, 0.2) is 0 Å². The summed E-state index contributed by atoms with van der Waals surface area (Å²) in [7, 11) is 0. The zero-order valence-corrected chi connectivity index (χ0v) is 13.2. The average Bonchev–Trinajstić information content (AvgIpc) is 2.60. The number of pyridine rings is 1. The lowest BCUT2D eigenvalue weighted by Crippen LogP contribution is -2.49. The van der Waals surface area contributed by atoms with E-state index < -0.39 is 23.7 Å². The smallest absolute Gasteiger partial charge is 0.329 e. The number of hydrogen-bond donors (Lipinski definition) is 0. The molecule has 1 unspecified atom stereocenters. The van der Waals surface area contributed by atoms with Gasteiger partial charge >= 0.3 is 5.97 Å². The molecule has 0 saturated heterocycles. The van der Waals surface area contributed by atoms with Gasteiger partial charge < -0.3 is 9.64 Å². The topological polar surface area (TPSA) is 59.5 Å². The predicted molar refractivity (Wildman–Crippen MR) is 84.6 cm³/mol. The van der Waals surface area contributed by atoms with E-state index in [4.69, 9.17) is 4.74 Å². The van der Waals surface area contributed by atoms with Gasteiger partial charge in [-0.3, -0.25) is 9.78 Å². The molecule has 0 fully saturated rings. The van der Waals surface area contributed by atoms with Gasteiger partial charge in [-0.05, 0) is 24.1 Å². The van der Waals surface area contributed by atoms with Gasteiger partial charge in [0.05, 0.1) is 18.4 Å². The number of esters is 1. The first-order valence-electron chi connectivity index (χ1n) is 7.75. The Morgan fingerprint density at radius 1 is 1.29 bits per heavy atom. The summed E-state index contributed by atoms with van der Waals surface area (Å²) in [4.78, 5) is 30.2. The van der Waals surface area contributed by atoms with E-state index in [1.807, 2.05) is 24.3 Å². The number of carbonyl (C=O) groups is 2. The molecular formula is C18H17FN2O3. The normalized spacial score (nSPS) is 16.4. The van der Waals surface area contributed by atoms with E-state index in [0.717, 1.165) is 23.4 Å². The molecule has 1 aromatic heterocycles. The molecule has 0 spiro atoms. The fraction of sp³-hybridized carbons (Fsp3) is 0.278. The van der Waals surface area contributed by atoms with Gasteiger partial charge in [-0.2, -0.15) is 0 Å². The molecule has 1 aromatic carbocycles. The van der Waals surface area contributed by atoms with Crippen LogP contribution in [0.1, 0.15) is 28.4 Å². The number of hydrogen-bond acceptors (Lipinski definition) is 4. The second-order valence-electron chi connectivity index (χ2n) is 5.57. The zero-order chi connectivity index (χ0) is 17.1. The van der Waals surface area contributed by atoms with Crippen LogP contribution >= 0.6 is 0 Å². The Balaban J connectivity index is 1.96. The molecule has 0 aliphatic carbocycles. The van der Waals surface area contributed by atoms with Gasteiger partial charge in [0.1, 0.15) is 11.9 Å². The number of rotatable bonds is 3. The van der Waals surface area contributed by atoms with Crippen molar-refractivity contribution in [3.8, 4) is 0 Å². The maximum atomic E-state index is 13.4. The summed E-state index contributed by atoms with van der Waals surface area (Å²) in [5, 5.41) is 0. The van der Waals surface area contributed by atoms with E-state index in [1.54, 1.807) is 6.92 Å². The Morgan fingerprint density at radius 3 is 2.75 bits per heavy atom. The van der Waals surface area contributed by atoms with Crippen LogP contribution in [0.4, 0.5) is 4.39 Å². The molecule has 1 atom stereocenters. The molecule has 1 amide bonds. The summed E-state index contributed by atoms with van der Waals surface area (Å²) < 4.78 is 18.5. The van der Waals surface area contributed by atoms with Crippen molar-refractivity contribution >= 4 is 11.9 Å². The number of ether oxygens (including phenoxy) is 1. The predicted octanol–water partition coefficient (Wildman–Crippen LogP) is 2.35. The molecule has 0 bridgehead atoms. The fourth-order valence-corrected chi connectivity index (χ4v) is 2.88. The van der Waals surface area contributed by atoms with E-state index in [9.17, 15) is 14.0 Å². The number of fused-ring (bicyclic) bond motifs is 1. The van der Waals surface area contributed by atoms with Crippen LogP contribution in [-0.2, 0) is 22.5 Å². The largest absolute Gasteiger partial charge is 0.464 e. The summed E-state index contributed by atoms with van der Waals surface area (Å²) in [5.41, 5.74) is 2.09. The van der Waals surface area contributed by atoms with Crippen LogP contribution in [0.2, 0.25) is 0 Å². The number of carbonyl (C=O) groups excluding carboxylic acids is 2. The Hall–Kier alpha value is -2.76. The van der Waals surface area contributed by atoms with Crippen molar-refractivity contribution in [2.45, 2.75) is 25.9 Å². The van der Waals surface area contributed by atoms with Crippen molar-refractivity contribution in [1.82, 2.24) is 9.88 Å². The molecule has 2 aromatic rings. The highest BCUT2D eigenvalue weighted by molar-refractivity contribution is 5.97. The molecule has 5 nitrogen and oxygen atoms in total. The van der Waals surface area contributed by atoms with Gasteiger partial charge in [-0.15, -0.1) is 0 Å². The Kier molecular flexibility index (Phi) is 4.55. The minimum atomic E-state index is -0.726. The first kappa shape index (κ1) is 16.1. The van der Waals surface area contributed by atoms with Crippen LogP contribution in [0.5, 0.6) is 0 Å². The SMILES string of the molecule is CCOC(=O)C1Cc2ccccc2CN1C(=O)c1cncc(F)c1.